The van der Waals surface area contributed by atoms with Crippen molar-refractivity contribution in [2.45, 2.75) is 12.4 Å². The van der Waals surface area contributed by atoms with Crippen molar-refractivity contribution in [3.63, 3.8) is 0 Å². The van der Waals surface area contributed by atoms with Crippen LogP contribution in [0.15, 0.2) is 54.9 Å². The first-order valence-electron chi connectivity index (χ1n) is 8.97. The summed E-state index contributed by atoms with van der Waals surface area (Å²) >= 11 is 0. The van der Waals surface area contributed by atoms with Gasteiger partial charge in [0.2, 0.25) is 0 Å². The van der Waals surface area contributed by atoms with E-state index in [1.807, 2.05) is 0 Å². The van der Waals surface area contributed by atoms with Crippen molar-refractivity contribution in [1.82, 2.24) is 19.4 Å². The second-order valence-corrected chi connectivity index (χ2v) is 6.57. The average Bonchev–Trinajstić information content (AvgIpc) is 3.13. The number of ether oxygens (including phenoxy) is 1. The van der Waals surface area contributed by atoms with Crippen LogP contribution in [-0.2, 0) is 12.4 Å². The minimum atomic E-state index is -4.78. The van der Waals surface area contributed by atoms with Gasteiger partial charge in [0.15, 0.2) is 11.5 Å². The molecule has 0 atom stereocenters. The molecule has 1 aromatic carbocycles. The van der Waals surface area contributed by atoms with Crippen molar-refractivity contribution in [2.75, 3.05) is 12.4 Å². The van der Waals surface area contributed by atoms with Gasteiger partial charge in [0.1, 0.15) is 22.9 Å². The first-order chi connectivity index (χ1) is 15.1. The Kier molecular flexibility index (Phi) is 5.15. The molecule has 6 nitrogen and oxygen atoms in total. The van der Waals surface area contributed by atoms with Gasteiger partial charge in [0.25, 0.3) is 0 Å². The minimum absolute atomic E-state index is 0.0119. The fourth-order valence-corrected chi connectivity index (χ4v) is 2.99. The maximum atomic E-state index is 13.7. The molecule has 1 N–H and O–H groups in total. The van der Waals surface area contributed by atoms with E-state index in [-0.39, 0.29) is 23.0 Å². The molecule has 0 aliphatic carbocycles. The molecule has 0 aliphatic heterocycles. The van der Waals surface area contributed by atoms with Crippen LogP contribution >= 0.6 is 0 Å². The van der Waals surface area contributed by atoms with Crippen molar-refractivity contribution in [3.05, 3.63) is 66.1 Å². The molecule has 3 aromatic heterocycles. The molecule has 12 heteroatoms. The van der Waals surface area contributed by atoms with Crippen LogP contribution in [0.5, 0.6) is 5.75 Å². The van der Waals surface area contributed by atoms with Crippen molar-refractivity contribution < 1.29 is 31.1 Å². The van der Waals surface area contributed by atoms with E-state index in [0.717, 1.165) is 12.1 Å². The van der Waals surface area contributed by atoms with Gasteiger partial charge in [0, 0.05) is 11.9 Å². The Labute approximate surface area is 176 Å². The molecule has 4 aromatic rings. The van der Waals surface area contributed by atoms with Gasteiger partial charge in [0.05, 0.1) is 18.9 Å². The molecule has 4 rings (SSSR count). The molecule has 0 unspecified atom stereocenters. The summed E-state index contributed by atoms with van der Waals surface area (Å²) in [6, 6.07) is 8.33. The Morgan fingerprint density at radius 1 is 0.875 bits per heavy atom. The van der Waals surface area contributed by atoms with E-state index >= 15 is 0 Å². The number of anilines is 2. The largest absolute Gasteiger partial charge is 0.495 e. The van der Waals surface area contributed by atoms with E-state index in [1.54, 1.807) is 0 Å². The van der Waals surface area contributed by atoms with Crippen LogP contribution in [0, 0.1) is 0 Å². The molecule has 0 radical (unpaired) electrons. The van der Waals surface area contributed by atoms with E-state index in [9.17, 15) is 26.3 Å². The summed E-state index contributed by atoms with van der Waals surface area (Å²) in [4.78, 5) is 11.7. The number of aromatic nitrogens is 4. The number of methoxy groups -OCH3 is 1. The lowest BCUT2D eigenvalue weighted by Crippen LogP contribution is -2.09. The first kappa shape index (κ1) is 21.4. The van der Waals surface area contributed by atoms with E-state index in [2.05, 4.69) is 20.3 Å². The second kappa shape index (κ2) is 7.70. The number of halogens is 6. The number of pyridine rings is 1. The van der Waals surface area contributed by atoms with Crippen LogP contribution in [0.3, 0.4) is 0 Å². The van der Waals surface area contributed by atoms with Gasteiger partial charge in [-0.25, -0.2) is 15.0 Å². The Hall–Kier alpha value is -3.83. The van der Waals surface area contributed by atoms with E-state index < -0.39 is 29.3 Å². The molecular weight excluding hydrogens is 440 g/mol. The summed E-state index contributed by atoms with van der Waals surface area (Å²) in [5.41, 5.74) is -2.14. The Bertz CT molecular complexity index is 1260. The zero-order chi connectivity index (χ0) is 23.1. The highest BCUT2D eigenvalue weighted by molar-refractivity contribution is 5.65. The molecule has 0 spiro atoms. The summed E-state index contributed by atoms with van der Waals surface area (Å²) in [6.07, 6.45) is -6.71. The van der Waals surface area contributed by atoms with Crippen molar-refractivity contribution in [1.29, 1.82) is 0 Å². The van der Waals surface area contributed by atoms with Gasteiger partial charge in [-0.15, -0.1) is 0 Å². The number of nitrogens with zero attached hydrogens (tertiary/aromatic N) is 4. The summed E-state index contributed by atoms with van der Waals surface area (Å²) in [5, 5.41) is 2.76. The normalized spacial score (nSPS) is 12.2. The standard InChI is InChI=1S/C20H13F6N5O/c1-32-13-6-7-15-30-17(20(24,25)26)16(31(15)10-13)18-27-9-8-14(29-18)28-12-4-2-11(3-5-12)19(21,22)23/h2-10H,1H3,(H,27,28,29). The molecule has 0 bridgehead atoms. The van der Waals surface area contributed by atoms with E-state index in [4.69, 9.17) is 4.74 Å². The number of rotatable bonds is 4. The highest BCUT2D eigenvalue weighted by Crippen LogP contribution is 2.37. The Morgan fingerprint density at radius 3 is 2.22 bits per heavy atom. The van der Waals surface area contributed by atoms with E-state index in [0.29, 0.717) is 5.75 Å². The van der Waals surface area contributed by atoms with Crippen LogP contribution in [0.2, 0.25) is 0 Å². The Balaban J connectivity index is 1.76. The smallest absolute Gasteiger partial charge is 0.435 e. The SMILES string of the molecule is COc1ccc2nc(C(F)(F)F)c(-c3nccc(Nc4ccc(C(F)(F)F)cc4)n3)n2c1. The van der Waals surface area contributed by atoms with Gasteiger partial charge in [-0.05, 0) is 42.5 Å². The number of alkyl halides is 6. The molecule has 0 aliphatic rings. The van der Waals surface area contributed by atoms with E-state index in [1.165, 1.54) is 54.2 Å². The van der Waals surface area contributed by atoms with Crippen molar-refractivity contribution >= 4 is 17.2 Å². The molecule has 0 saturated heterocycles. The highest BCUT2D eigenvalue weighted by Gasteiger charge is 2.39. The predicted octanol–water partition coefficient (Wildman–Crippen LogP) is 5.58. The highest BCUT2D eigenvalue weighted by atomic mass is 19.4. The molecule has 0 amide bonds. The van der Waals surface area contributed by atoms with Crippen molar-refractivity contribution in [2.24, 2.45) is 0 Å². The van der Waals surface area contributed by atoms with Gasteiger partial charge >= 0.3 is 12.4 Å². The first-order valence-corrected chi connectivity index (χ1v) is 8.97. The van der Waals surface area contributed by atoms with Crippen LogP contribution in [0.1, 0.15) is 11.3 Å². The maximum absolute atomic E-state index is 13.7. The third-order valence-electron chi connectivity index (χ3n) is 4.45. The van der Waals surface area contributed by atoms with Crippen molar-refractivity contribution in [3.8, 4) is 17.3 Å². The zero-order valence-electron chi connectivity index (χ0n) is 16.2. The number of fused-ring (bicyclic) bond motifs is 1. The van der Waals surface area contributed by atoms with Gasteiger partial charge in [-0.1, -0.05) is 0 Å². The summed E-state index contributed by atoms with van der Waals surface area (Å²) < 4.78 is 85.4. The summed E-state index contributed by atoms with van der Waals surface area (Å²) in [7, 11) is 1.37. The molecular formula is C20H13F6N5O. The third-order valence-corrected chi connectivity index (χ3v) is 4.45. The van der Waals surface area contributed by atoms with Crippen LogP contribution in [-0.4, -0.2) is 26.5 Å². The third kappa shape index (κ3) is 4.15. The summed E-state index contributed by atoms with van der Waals surface area (Å²) in [6.45, 7) is 0. The zero-order valence-corrected chi connectivity index (χ0v) is 16.2. The number of hydrogen-bond donors (Lipinski definition) is 1. The lowest BCUT2D eigenvalue weighted by atomic mass is 10.2. The minimum Gasteiger partial charge on any atom is -0.495 e. The number of imidazole rings is 1. The maximum Gasteiger partial charge on any atom is 0.435 e. The topological polar surface area (TPSA) is 64.3 Å². The molecule has 32 heavy (non-hydrogen) atoms. The van der Waals surface area contributed by atoms with Crippen LogP contribution in [0.25, 0.3) is 17.2 Å². The lowest BCUT2D eigenvalue weighted by molar-refractivity contribution is -0.140. The van der Waals surface area contributed by atoms with Gasteiger partial charge < -0.3 is 10.1 Å². The van der Waals surface area contributed by atoms with Gasteiger partial charge in [-0.2, -0.15) is 26.3 Å². The molecule has 3 heterocycles. The fourth-order valence-electron chi connectivity index (χ4n) is 2.99. The monoisotopic (exact) mass is 453 g/mol. The molecule has 166 valence electrons. The molecule has 0 fully saturated rings. The van der Waals surface area contributed by atoms with Gasteiger partial charge in [-0.3, -0.25) is 4.40 Å². The quantitative estimate of drug-likeness (QED) is 0.409. The number of nitrogens with one attached hydrogen (secondary N) is 1. The number of benzene rings is 1. The Morgan fingerprint density at radius 2 is 1.59 bits per heavy atom. The average molecular weight is 453 g/mol. The second-order valence-electron chi connectivity index (χ2n) is 6.57. The predicted molar refractivity (Wildman–Crippen MR) is 102 cm³/mol. The molecule has 0 saturated carbocycles. The fraction of sp³-hybridized carbons (Fsp3) is 0.150. The lowest BCUT2D eigenvalue weighted by Gasteiger charge is -2.11. The van der Waals surface area contributed by atoms with Crippen LogP contribution < -0.4 is 10.1 Å². The summed E-state index contributed by atoms with van der Waals surface area (Å²) in [5.74, 6) is 0.0969. The number of hydrogen-bond acceptors (Lipinski definition) is 5. The van der Waals surface area contributed by atoms with Crippen LogP contribution in [0.4, 0.5) is 37.8 Å².